The van der Waals surface area contributed by atoms with E-state index < -0.39 is 11.8 Å². The first-order valence-corrected chi connectivity index (χ1v) is 3.83. The molecule has 0 aromatic heterocycles. The van der Waals surface area contributed by atoms with Gasteiger partial charge in [-0.25, -0.2) is 5.48 Å². The van der Waals surface area contributed by atoms with E-state index in [2.05, 4.69) is 17.1 Å². The smallest absolute Gasteiger partial charge is 0.314 e. The second-order valence-electron chi connectivity index (χ2n) is 2.08. The molecule has 0 aliphatic rings. The summed E-state index contributed by atoms with van der Waals surface area (Å²) in [4.78, 5) is 29.6. The maximum absolute atomic E-state index is 10.1. The lowest BCUT2D eigenvalue weighted by molar-refractivity contribution is -0.131. The minimum Gasteiger partial charge on any atom is -0.395 e. The van der Waals surface area contributed by atoms with Gasteiger partial charge in [0.1, 0.15) is 0 Å². The highest BCUT2D eigenvalue weighted by atomic mass is 32.1. The van der Waals surface area contributed by atoms with Crippen LogP contribution in [0.5, 0.6) is 0 Å². The fourth-order valence-electron chi connectivity index (χ4n) is 0.293. The van der Waals surface area contributed by atoms with Crippen molar-refractivity contribution in [2.24, 2.45) is 5.73 Å². The maximum Gasteiger partial charge on any atom is 0.314 e. The van der Waals surface area contributed by atoms with E-state index in [0.29, 0.717) is 0 Å². The molecule has 0 rings (SSSR count). The van der Waals surface area contributed by atoms with E-state index in [1.54, 1.807) is 0 Å². The van der Waals surface area contributed by atoms with Gasteiger partial charge in [0.15, 0.2) is 0 Å². The summed E-state index contributed by atoms with van der Waals surface area (Å²) in [6.45, 7) is 1.28. The summed E-state index contributed by atoms with van der Waals surface area (Å²) in [5, 5.41) is 7.90. The monoisotopic (exact) mass is 224 g/mol. The molecular formula is C6H12N2O5S. The molecule has 0 fully saturated rings. The van der Waals surface area contributed by atoms with Gasteiger partial charge in [0.2, 0.25) is 11.8 Å². The first-order chi connectivity index (χ1) is 6.43. The van der Waals surface area contributed by atoms with Crippen LogP contribution in [0.15, 0.2) is 0 Å². The SMILES string of the molecule is CC(=O)OS.NC(=O)CCC(=O)NO. The lowest BCUT2D eigenvalue weighted by Crippen LogP contribution is -2.21. The molecule has 4 N–H and O–H groups in total. The summed E-state index contributed by atoms with van der Waals surface area (Å²) in [6, 6.07) is 0. The maximum atomic E-state index is 10.1. The number of hydrogen-bond acceptors (Lipinski definition) is 6. The quantitative estimate of drug-likeness (QED) is 0.215. The predicted molar refractivity (Wildman–Crippen MR) is 49.1 cm³/mol. The van der Waals surface area contributed by atoms with Gasteiger partial charge in [0, 0.05) is 32.7 Å². The van der Waals surface area contributed by atoms with Crippen LogP contribution in [0, 0.1) is 0 Å². The van der Waals surface area contributed by atoms with Crippen molar-refractivity contribution in [3.63, 3.8) is 0 Å². The number of rotatable bonds is 3. The van der Waals surface area contributed by atoms with Gasteiger partial charge >= 0.3 is 5.97 Å². The van der Waals surface area contributed by atoms with Crippen molar-refractivity contribution in [2.45, 2.75) is 19.8 Å². The number of carbonyl (C=O) groups is 3. The summed E-state index contributed by atoms with van der Waals surface area (Å²) in [5.74, 6) is -1.54. The van der Waals surface area contributed by atoms with Crippen molar-refractivity contribution in [3.8, 4) is 0 Å². The van der Waals surface area contributed by atoms with Crippen molar-refractivity contribution in [3.05, 3.63) is 0 Å². The lowest BCUT2D eigenvalue weighted by atomic mass is 10.3. The largest absolute Gasteiger partial charge is 0.395 e. The Bertz CT molecular complexity index is 208. The summed E-state index contributed by atoms with van der Waals surface area (Å²) in [7, 11) is 0. The third-order valence-corrected chi connectivity index (χ3v) is 1.11. The van der Waals surface area contributed by atoms with Crippen LogP contribution in [0.25, 0.3) is 0 Å². The molecule has 14 heavy (non-hydrogen) atoms. The molecule has 0 aromatic carbocycles. The first-order valence-electron chi connectivity index (χ1n) is 3.47. The fraction of sp³-hybridized carbons (Fsp3) is 0.500. The summed E-state index contributed by atoms with van der Waals surface area (Å²) in [6.07, 6.45) is -0.0990. The van der Waals surface area contributed by atoms with Crippen LogP contribution in [-0.2, 0) is 18.6 Å². The molecular weight excluding hydrogens is 212 g/mol. The van der Waals surface area contributed by atoms with Gasteiger partial charge in [-0.05, 0) is 0 Å². The number of nitrogens with two attached hydrogens (primary N) is 1. The molecule has 0 saturated carbocycles. The zero-order valence-corrected chi connectivity index (χ0v) is 8.41. The van der Waals surface area contributed by atoms with Crippen LogP contribution < -0.4 is 11.2 Å². The summed E-state index contributed by atoms with van der Waals surface area (Å²) >= 11 is 3.17. The zero-order chi connectivity index (χ0) is 11.6. The van der Waals surface area contributed by atoms with E-state index in [4.69, 9.17) is 10.9 Å². The molecule has 0 bridgehead atoms. The van der Waals surface area contributed by atoms with Crippen molar-refractivity contribution in [1.29, 1.82) is 0 Å². The van der Waals surface area contributed by atoms with Crippen molar-refractivity contribution >= 4 is 30.7 Å². The Balaban J connectivity index is 0. The average molecular weight is 224 g/mol. The van der Waals surface area contributed by atoms with Crippen LogP contribution in [-0.4, -0.2) is 23.0 Å². The Morgan fingerprint density at radius 3 is 2.07 bits per heavy atom. The van der Waals surface area contributed by atoms with Crippen molar-refractivity contribution < 1.29 is 23.8 Å². The Kier molecular flexibility index (Phi) is 10.6. The molecule has 0 aliphatic heterocycles. The average Bonchev–Trinajstić information content (AvgIpc) is 2.14. The van der Waals surface area contributed by atoms with Crippen LogP contribution in [0.3, 0.4) is 0 Å². The number of primary amides is 1. The van der Waals surface area contributed by atoms with E-state index in [0.717, 1.165) is 0 Å². The minimum atomic E-state index is -0.603. The molecule has 0 saturated heterocycles. The van der Waals surface area contributed by atoms with Gasteiger partial charge in [0.05, 0.1) is 0 Å². The number of nitrogens with one attached hydrogen (secondary N) is 1. The molecule has 0 spiro atoms. The molecule has 0 radical (unpaired) electrons. The molecule has 0 aliphatic carbocycles. The van der Waals surface area contributed by atoms with Gasteiger partial charge in [-0.3, -0.25) is 19.6 Å². The summed E-state index contributed by atoms with van der Waals surface area (Å²) < 4.78 is 3.81. The van der Waals surface area contributed by atoms with Gasteiger partial charge in [-0.1, -0.05) is 0 Å². The number of hydrogen-bond donors (Lipinski definition) is 4. The van der Waals surface area contributed by atoms with Crippen molar-refractivity contribution in [2.75, 3.05) is 0 Å². The Labute approximate surface area is 86.2 Å². The van der Waals surface area contributed by atoms with Gasteiger partial charge in [0.25, 0.3) is 0 Å². The van der Waals surface area contributed by atoms with Gasteiger partial charge in [-0.15, -0.1) is 0 Å². The Morgan fingerprint density at radius 2 is 1.86 bits per heavy atom. The minimum absolute atomic E-state index is 0.0353. The number of carbonyl (C=O) groups excluding carboxylic acids is 3. The molecule has 82 valence electrons. The highest BCUT2D eigenvalue weighted by Crippen LogP contribution is 1.84. The van der Waals surface area contributed by atoms with Crippen LogP contribution in [0.2, 0.25) is 0 Å². The Morgan fingerprint density at radius 1 is 1.43 bits per heavy atom. The van der Waals surface area contributed by atoms with Gasteiger partial charge in [-0.2, -0.15) is 0 Å². The van der Waals surface area contributed by atoms with Gasteiger partial charge < -0.3 is 9.92 Å². The highest BCUT2D eigenvalue weighted by molar-refractivity contribution is 7.75. The molecule has 0 unspecified atom stereocenters. The molecule has 0 atom stereocenters. The zero-order valence-electron chi connectivity index (χ0n) is 7.52. The van der Waals surface area contributed by atoms with E-state index >= 15 is 0 Å². The molecule has 8 heteroatoms. The predicted octanol–water partition coefficient (Wildman–Crippen LogP) is -0.848. The van der Waals surface area contributed by atoms with E-state index in [9.17, 15) is 14.4 Å². The van der Waals surface area contributed by atoms with Crippen LogP contribution in [0.1, 0.15) is 19.8 Å². The van der Waals surface area contributed by atoms with Crippen molar-refractivity contribution in [1.82, 2.24) is 5.48 Å². The molecule has 2 amide bonds. The first kappa shape index (κ1) is 15.2. The number of thiol groups is 1. The third kappa shape index (κ3) is 17.0. The number of hydroxylamine groups is 1. The topological polar surface area (TPSA) is 119 Å². The molecule has 7 nitrogen and oxygen atoms in total. The molecule has 0 heterocycles. The van der Waals surface area contributed by atoms with E-state index in [1.165, 1.54) is 12.4 Å². The van der Waals surface area contributed by atoms with Crippen LogP contribution >= 0.6 is 12.9 Å². The third-order valence-electron chi connectivity index (χ3n) is 0.852. The Hall–Kier alpha value is -1.28. The highest BCUT2D eigenvalue weighted by Gasteiger charge is 2.00. The fourth-order valence-corrected chi connectivity index (χ4v) is 0.293. The normalized spacial score (nSPS) is 7.93. The second-order valence-corrected chi connectivity index (χ2v) is 2.27. The van der Waals surface area contributed by atoms with E-state index in [1.807, 2.05) is 0 Å². The second kappa shape index (κ2) is 9.81. The van der Waals surface area contributed by atoms with E-state index in [-0.39, 0.29) is 18.8 Å². The summed E-state index contributed by atoms with van der Waals surface area (Å²) in [5.41, 5.74) is 6.07. The number of amides is 2. The van der Waals surface area contributed by atoms with Crippen LogP contribution in [0.4, 0.5) is 0 Å². The standard InChI is InChI=1S/C4H8N2O3.C2H4O2S/c5-3(7)1-2-4(8)6-9;1-2(3)4-5/h9H,1-2H2,(H2,5,7)(H,6,8);5H,1H3. The lowest BCUT2D eigenvalue weighted by Gasteiger charge is -1.92. The molecule has 0 aromatic rings.